The second kappa shape index (κ2) is 7.77. The third-order valence-electron chi connectivity index (χ3n) is 3.59. The topological polar surface area (TPSA) is 58.6 Å². The number of benzene rings is 1. The molecule has 0 spiro atoms. The molecule has 0 aliphatic carbocycles. The van der Waals surface area contributed by atoms with Crippen molar-refractivity contribution in [3.8, 4) is 5.75 Å². The molecule has 7 heteroatoms. The van der Waals surface area contributed by atoms with Crippen molar-refractivity contribution in [2.24, 2.45) is 0 Å². The number of carbonyl (C=O) groups excluding carboxylic acids is 1. The Hall–Kier alpha value is -2.22. The maximum absolute atomic E-state index is 13.5. The summed E-state index contributed by atoms with van der Waals surface area (Å²) in [5.74, 6) is -0.941. The van der Waals surface area contributed by atoms with Crippen molar-refractivity contribution >= 4 is 28.6 Å². The van der Waals surface area contributed by atoms with Gasteiger partial charge in [0.05, 0.1) is 6.54 Å². The van der Waals surface area contributed by atoms with E-state index in [-0.39, 0.29) is 18.9 Å². The highest BCUT2D eigenvalue weighted by molar-refractivity contribution is 7.11. The Morgan fingerprint density at radius 2 is 1.72 bits per heavy atom. The van der Waals surface area contributed by atoms with Gasteiger partial charge in [-0.1, -0.05) is 24.3 Å². The lowest BCUT2D eigenvalue weighted by atomic mass is 10.00. The first-order chi connectivity index (χ1) is 12.1. The summed E-state index contributed by atoms with van der Waals surface area (Å²) in [5, 5.41) is 17.5. The first-order valence-electron chi connectivity index (χ1n) is 7.54. The van der Waals surface area contributed by atoms with E-state index < -0.39 is 17.3 Å². The minimum atomic E-state index is -1.30. The molecule has 25 heavy (non-hydrogen) atoms. The first kappa shape index (κ1) is 17.6. The van der Waals surface area contributed by atoms with Gasteiger partial charge < -0.3 is 15.2 Å². The summed E-state index contributed by atoms with van der Waals surface area (Å²) < 4.78 is 18.7. The zero-order valence-electron chi connectivity index (χ0n) is 13.1. The number of thiophene rings is 2. The van der Waals surface area contributed by atoms with Crippen molar-refractivity contribution in [3.05, 3.63) is 74.9 Å². The number of nitrogens with one attached hydrogen (secondary N) is 1. The molecule has 0 atom stereocenters. The van der Waals surface area contributed by atoms with Crippen LogP contribution in [-0.4, -0.2) is 24.2 Å². The van der Waals surface area contributed by atoms with Gasteiger partial charge in [0.1, 0.15) is 5.60 Å². The van der Waals surface area contributed by atoms with E-state index in [0.717, 1.165) is 9.75 Å². The van der Waals surface area contributed by atoms with Crippen molar-refractivity contribution in [1.29, 1.82) is 0 Å². The number of carbonyl (C=O) groups is 1. The molecule has 2 aromatic heterocycles. The predicted molar refractivity (Wildman–Crippen MR) is 96.5 cm³/mol. The minimum absolute atomic E-state index is 0.00743. The number of amides is 1. The zero-order valence-corrected chi connectivity index (χ0v) is 14.8. The maximum atomic E-state index is 13.5. The van der Waals surface area contributed by atoms with Gasteiger partial charge >= 0.3 is 0 Å². The fourth-order valence-electron chi connectivity index (χ4n) is 2.31. The molecule has 0 aliphatic rings. The van der Waals surface area contributed by atoms with Gasteiger partial charge in [0.2, 0.25) is 0 Å². The van der Waals surface area contributed by atoms with Gasteiger partial charge in [0.15, 0.2) is 18.2 Å². The number of rotatable bonds is 7. The molecule has 0 saturated carbocycles. The first-order valence-corrected chi connectivity index (χ1v) is 9.30. The summed E-state index contributed by atoms with van der Waals surface area (Å²) in [6.45, 7) is -0.320. The SMILES string of the molecule is O=C(COc1ccccc1F)NCC(O)(c1cccs1)c1cccs1. The van der Waals surface area contributed by atoms with Gasteiger partial charge in [-0.2, -0.15) is 0 Å². The molecule has 0 aliphatic heterocycles. The van der Waals surface area contributed by atoms with Gasteiger partial charge in [0.25, 0.3) is 5.91 Å². The third kappa shape index (κ3) is 4.07. The summed E-state index contributed by atoms with van der Waals surface area (Å²) in [7, 11) is 0. The molecule has 1 amide bonds. The number of ether oxygens (including phenoxy) is 1. The Kier molecular flexibility index (Phi) is 5.47. The third-order valence-corrected chi connectivity index (χ3v) is 5.64. The number of aliphatic hydroxyl groups is 1. The van der Waals surface area contributed by atoms with Crippen LogP contribution in [0.3, 0.4) is 0 Å². The van der Waals surface area contributed by atoms with Crippen LogP contribution in [0.4, 0.5) is 4.39 Å². The minimum Gasteiger partial charge on any atom is -0.481 e. The Balaban J connectivity index is 1.64. The summed E-state index contributed by atoms with van der Waals surface area (Å²) in [6.07, 6.45) is 0. The molecule has 0 fully saturated rings. The molecule has 0 saturated heterocycles. The van der Waals surface area contributed by atoms with Gasteiger partial charge in [0, 0.05) is 9.75 Å². The molecule has 0 bridgehead atoms. The van der Waals surface area contributed by atoms with Crippen LogP contribution in [0.5, 0.6) is 5.75 Å². The lowest BCUT2D eigenvalue weighted by Gasteiger charge is -2.26. The van der Waals surface area contributed by atoms with E-state index in [0.29, 0.717) is 0 Å². The quantitative estimate of drug-likeness (QED) is 0.664. The standard InChI is InChI=1S/C18H16FNO3S2/c19-13-5-1-2-6-14(13)23-11-17(21)20-12-18(22,15-7-3-9-24-15)16-8-4-10-25-16/h1-10,22H,11-12H2,(H,20,21). The highest BCUT2D eigenvalue weighted by Crippen LogP contribution is 2.34. The van der Waals surface area contributed by atoms with Crippen LogP contribution >= 0.6 is 22.7 Å². The van der Waals surface area contributed by atoms with E-state index in [1.807, 2.05) is 35.0 Å². The zero-order chi connectivity index (χ0) is 17.7. The molecular weight excluding hydrogens is 361 g/mol. The summed E-state index contributed by atoms with van der Waals surface area (Å²) >= 11 is 2.83. The van der Waals surface area contributed by atoms with E-state index in [1.54, 1.807) is 12.1 Å². The molecule has 0 unspecified atom stereocenters. The number of halogens is 1. The largest absolute Gasteiger partial charge is 0.481 e. The highest BCUT2D eigenvalue weighted by atomic mass is 32.1. The molecule has 0 radical (unpaired) electrons. The normalized spacial score (nSPS) is 11.3. The van der Waals surface area contributed by atoms with Gasteiger partial charge in [-0.25, -0.2) is 4.39 Å². The van der Waals surface area contributed by atoms with Gasteiger partial charge in [-0.3, -0.25) is 4.79 Å². The van der Waals surface area contributed by atoms with Crippen LogP contribution in [0.1, 0.15) is 9.75 Å². The Morgan fingerprint density at radius 1 is 1.08 bits per heavy atom. The van der Waals surface area contributed by atoms with E-state index in [1.165, 1.54) is 34.8 Å². The maximum Gasteiger partial charge on any atom is 0.258 e. The molecule has 1 aromatic carbocycles. The van der Waals surface area contributed by atoms with Crippen LogP contribution < -0.4 is 10.1 Å². The van der Waals surface area contributed by atoms with Crippen LogP contribution in [-0.2, 0) is 10.4 Å². The van der Waals surface area contributed by atoms with E-state index in [9.17, 15) is 14.3 Å². The average molecular weight is 377 g/mol. The average Bonchev–Trinajstić information content (AvgIpc) is 3.32. The molecule has 3 aromatic rings. The van der Waals surface area contributed by atoms with E-state index >= 15 is 0 Å². The summed E-state index contributed by atoms with van der Waals surface area (Å²) in [5.41, 5.74) is -1.30. The smallest absolute Gasteiger partial charge is 0.258 e. The highest BCUT2D eigenvalue weighted by Gasteiger charge is 2.34. The Bertz CT molecular complexity index is 784. The molecule has 130 valence electrons. The predicted octanol–water partition coefficient (Wildman–Crippen LogP) is 3.38. The number of hydrogen-bond donors (Lipinski definition) is 2. The molecule has 4 nitrogen and oxygen atoms in total. The molecular formula is C18H16FNO3S2. The fourth-order valence-corrected chi connectivity index (χ4v) is 4.05. The monoisotopic (exact) mass is 377 g/mol. The van der Waals surface area contributed by atoms with Crippen molar-refractivity contribution in [3.63, 3.8) is 0 Å². The van der Waals surface area contributed by atoms with E-state index in [4.69, 9.17) is 4.74 Å². The molecule has 2 N–H and O–H groups in total. The second-order valence-electron chi connectivity index (χ2n) is 5.31. The number of para-hydroxylation sites is 1. The lowest BCUT2D eigenvalue weighted by Crippen LogP contribution is -2.42. The Labute approximate surface area is 152 Å². The van der Waals surface area contributed by atoms with Crippen molar-refractivity contribution in [2.45, 2.75) is 5.60 Å². The molecule has 3 rings (SSSR count). The summed E-state index contributed by atoms with van der Waals surface area (Å²) in [4.78, 5) is 13.5. The van der Waals surface area contributed by atoms with Crippen molar-refractivity contribution in [1.82, 2.24) is 5.32 Å². The second-order valence-corrected chi connectivity index (χ2v) is 7.21. The van der Waals surface area contributed by atoms with Crippen molar-refractivity contribution in [2.75, 3.05) is 13.2 Å². The van der Waals surface area contributed by atoms with Crippen LogP contribution in [0.15, 0.2) is 59.3 Å². The molecule has 2 heterocycles. The van der Waals surface area contributed by atoms with Crippen LogP contribution in [0.25, 0.3) is 0 Å². The lowest BCUT2D eigenvalue weighted by molar-refractivity contribution is -0.124. The fraction of sp³-hybridized carbons (Fsp3) is 0.167. The Morgan fingerprint density at radius 3 is 2.28 bits per heavy atom. The van der Waals surface area contributed by atoms with Gasteiger partial charge in [-0.15, -0.1) is 22.7 Å². The van der Waals surface area contributed by atoms with Crippen LogP contribution in [0, 0.1) is 5.82 Å². The van der Waals surface area contributed by atoms with Crippen molar-refractivity contribution < 1.29 is 19.0 Å². The number of hydrogen-bond acceptors (Lipinski definition) is 5. The summed E-state index contributed by atoms with van der Waals surface area (Å²) in [6, 6.07) is 13.2. The van der Waals surface area contributed by atoms with E-state index in [2.05, 4.69) is 5.32 Å². The van der Waals surface area contributed by atoms with Gasteiger partial charge in [-0.05, 0) is 35.0 Å². The van der Waals surface area contributed by atoms with Crippen LogP contribution in [0.2, 0.25) is 0 Å².